The van der Waals surface area contributed by atoms with E-state index in [0.717, 1.165) is 0 Å². The molecule has 0 amide bonds. The van der Waals surface area contributed by atoms with Crippen molar-refractivity contribution >= 4 is 5.78 Å². The second-order valence-electron chi connectivity index (χ2n) is 6.45. The van der Waals surface area contributed by atoms with Gasteiger partial charge in [0.05, 0.1) is 12.7 Å². The van der Waals surface area contributed by atoms with Gasteiger partial charge in [-0.05, 0) is 26.0 Å². The first-order valence-electron chi connectivity index (χ1n) is 8.09. The van der Waals surface area contributed by atoms with Gasteiger partial charge in [-0.15, -0.1) is 0 Å². The van der Waals surface area contributed by atoms with Crippen molar-refractivity contribution in [2.24, 2.45) is 0 Å². The number of benzene rings is 1. The largest absolute Gasteiger partial charge is 0.388 e. The Hall–Kier alpha value is -2.15. The Labute approximate surface area is 145 Å². The second-order valence-corrected chi connectivity index (χ2v) is 6.45. The maximum Gasteiger partial charge on any atom is 0.167 e. The Balaban J connectivity index is 1.78. The number of nitrogens with zero attached hydrogens (tertiary/aromatic N) is 1. The third-order valence-corrected chi connectivity index (χ3v) is 4.13. The fourth-order valence-electron chi connectivity index (χ4n) is 2.85. The van der Waals surface area contributed by atoms with Crippen molar-refractivity contribution < 1.29 is 23.8 Å². The first-order valence-corrected chi connectivity index (χ1v) is 8.09. The lowest BCUT2D eigenvalue weighted by molar-refractivity contribution is -0.139. The van der Waals surface area contributed by atoms with Crippen LogP contribution >= 0.6 is 0 Å². The van der Waals surface area contributed by atoms with E-state index in [9.17, 15) is 14.3 Å². The van der Waals surface area contributed by atoms with Crippen LogP contribution in [0.3, 0.4) is 0 Å². The van der Waals surface area contributed by atoms with Crippen LogP contribution in [-0.2, 0) is 9.47 Å². The molecule has 25 heavy (non-hydrogen) atoms. The molecule has 1 aliphatic rings. The van der Waals surface area contributed by atoms with Gasteiger partial charge in [-0.2, -0.15) is 0 Å². The number of aliphatic hydroxyl groups excluding tert-OH is 1. The van der Waals surface area contributed by atoms with Gasteiger partial charge in [-0.3, -0.25) is 9.78 Å². The first-order chi connectivity index (χ1) is 11.9. The van der Waals surface area contributed by atoms with Crippen LogP contribution in [0.25, 0.3) is 0 Å². The van der Waals surface area contributed by atoms with E-state index in [1.807, 2.05) is 0 Å². The topological polar surface area (TPSA) is 68.7 Å². The average Bonchev–Trinajstić information content (AvgIpc) is 2.95. The van der Waals surface area contributed by atoms with Gasteiger partial charge in [-0.25, -0.2) is 4.39 Å². The van der Waals surface area contributed by atoms with E-state index in [1.165, 1.54) is 12.3 Å². The second kappa shape index (κ2) is 7.00. The van der Waals surface area contributed by atoms with Crippen LogP contribution in [0.4, 0.5) is 4.39 Å². The highest BCUT2D eigenvalue weighted by atomic mass is 19.1. The van der Waals surface area contributed by atoms with E-state index in [4.69, 9.17) is 9.47 Å². The number of ether oxygens (including phenoxy) is 2. The molecule has 132 valence electrons. The summed E-state index contributed by atoms with van der Waals surface area (Å²) in [6.07, 6.45) is 0.966. The fraction of sp³-hybridized carbons (Fsp3) is 0.368. The minimum atomic E-state index is -1.25. The van der Waals surface area contributed by atoms with Gasteiger partial charge in [0.25, 0.3) is 0 Å². The summed E-state index contributed by atoms with van der Waals surface area (Å²) in [5.41, 5.74) is 0.770. The molecular formula is C19H20FNO4. The van der Waals surface area contributed by atoms with Crippen molar-refractivity contribution in [2.75, 3.05) is 6.61 Å². The summed E-state index contributed by atoms with van der Waals surface area (Å²) < 4.78 is 26.0. The van der Waals surface area contributed by atoms with Crippen LogP contribution in [0, 0.1) is 5.82 Å². The van der Waals surface area contributed by atoms with Crippen molar-refractivity contribution in [3.63, 3.8) is 0 Å². The summed E-state index contributed by atoms with van der Waals surface area (Å²) in [6.45, 7) is 3.75. The molecule has 2 heterocycles. The lowest BCUT2D eigenvalue weighted by Crippen LogP contribution is -2.20. The number of Topliss-reactive ketones (excluding diaryl/α,β-unsaturated/α-hetero) is 1. The molecule has 0 aliphatic carbocycles. The van der Waals surface area contributed by atoms with Gasteiger partial charge in [-0.1, -0.05) is 18.2 Å². The van der Waals surface area contributed by atoms with Crippen molar-refractivity contribution in [2.45, 2.75) is 38.3 Å². The summed E-state index contributed by atoms with van der Waals surface area (Å²) in [6, 6.07) is 7.96. The van der Waals surface area contributed by atoms with E-state index in [0.29, 0.717) is 11.1 Å². The zero-order valence-electron chi connectivity index (χ0n) is 14.1. The molecule has 5 nitrogen and oxygen atoms in total. The summed E-state index contributed by atoms with van der Waals surface area (Å²) >= 11 is 0. The zero-order valence-corrected chi connectivity index (χ0v) is 14.1. The average molecular weight is 345 g/mol. The highest BCUT2D eigenvalue weighted by molar-refractivity contribution is 5.96. The maximum atomic E-state index is 14.9. The van der Waals surface area contributed by atoms with Crippen LogP contribution in [0.15, 0.2) is 42.7 Å². The summed E-state index contributed by atoms with van der Waals surface area (Å²) in [4.78, 5) is 16.1. The molecule has 1 fully saturated rings. The van der Waals surface area contributed by atoms with Crippen LogP contribution < -0.4 is 0 Å². The third kappa shape index (κ3) is 3.92. The number of rotatable bonds is 5. The van der Waals surface area contributed by atoms with E-state index in [-0.39, 0.29) is 24.4 Å². The fourth-order valence-corrected chi connectivity index (χ4v) is 2.85. The molecule has 2 atom stereocenters. The van der Waals surface area contributed by atoms with Crippen LogP contribution in [0.5, 0.6) is 0 Å². The molecule has 2 unspecified atom stereocenters. The number of carbonyl (C=O) groups is 1. The van der Waals surface area contributed by atoms with E-state index >= 15 is 0 Å². The van der Waals surface area contributed by atoms with Gasteiger partial charge in [0.1, 0.15) is 11.9 Å². The summed E-state index contributed by atoms with van der Waals surface area (Å²) in [5, 5.41) is 10.3. The Morgan fingerprint density at radius 3 is 2.84 bits per heavy atom. The Morgan fingerprint density at radius 2 is 2.20 bits per heavy atom. The SMILES string of the molecule is CC1(C)OCC(c2cccc(C(O)CC(=O)c3cccnc3)c2F)O1. The quantitative estimate of drug-likeness (QED) is 0.842. The molecular weight excluding hydrogens is 325 g/mol. The van der Waals surface area contributed by atoms with Gasteiger partial charge in [0, 0.05) is 35.5 Å². The van der Waals surface area contributed by atoms with Gasteiger partial charge >= 0.3 is 0 Å². The van der Waals surface area contributed by atoms with E-state index in [1.54, 1.807) is 44.3 Å². The van der Waals surface area contributed by atoms with Crippen molar-refractivity contribution in [1.29, 1.82) is 0 Å². The van der Waals surface area contributed by atoms with E-state index < -0.39 is 23.8 Å². The molecule has 0 radical (unpaired) electrons. The van der Waals surface area contributed by atoms with Crippen molar-refractivity contribution in [3.8, 4) is 0 Å². The number of carbonyl (C=O) groups excluding carboxylic acids is 1. The molecule has 1 saturated heterocycles. The smallest absolute Gasteiger partial charge is 0.167 e. The molecule has 3 rings (SSSR count). The predicted octanol–water partition coefficient (Wildman–Crippen LogP) is 3.35. The summed E-state index contributed by atoms with van der Waals surface area (Å²) in [5.74, 6) is -1.64. The summed E-state index contributed by atoms with van der Waals surface area (Å²) in [7, 11) is 0. The Kier molecular flexibility index (Phi) is 4.94. The van der Waals surface area contributed by atoms with Crippen LogP contribution in [-0.4, -0.2) is 28.3 Å². The normalized spacial score (nSPS) is 20.4. The minimum Gasteiger partial charge on any atom is -0.388 e. The van der Waals surface area contributed by atoms with Gasteiger partial charge in [0.2, 0.25) is 0 Å². The monoisotopic (exact) mass is 345 g/mol. The van der Waals surface area contributed by atoms with Crippen molar-refractivity contribution in [1.82, 2.24) is 4.98 Å². The lowest BCUT2D eigenvalue weighted by Gasteiger charge is -2.19. The molecule has 0 spiro atoms. The lowest BCUT2D eigenvalue weighted by atomic mass is 9.97. The molecule has 0 bridgehead atoms. The Morgan fingerprint density at radius 1 is 1.40 bits per heavy atom. The number of pyridine rings is 1. The van der Waals surface area contributed by atoms with Crippen molar-refractivity contribution in [3.05, 3.63) is 65.2 Å². The highest BCUT2D eigenvalue weighted by Gasteiger charge is 2.35. The molecule has 1 aromatic heterocycles. The molecule has 1 aliphatic heterocycles. The van der Waals surface area contributed by atoms with Gasteiger partial charge in [0.15, 0.2) is 11.6 Å². The minimum absolute atomic E-state index is 0.0723. The number of hydrogen-bond donors (Lipinski definition) is 1. The molecule has 0 saturated carbocycles. The molecule has 1 aromatic carbocycles. The maximum absolute atomic E-state index is 14.9. The first kappa shape index (κ1) is 17.7. The molecule has 6 heteroatoms. The number of halogens is 1. The van der Waals surface area contributed by atoms with Gasteiger partial charge < -0.3 is 14.6 Å². The molecule has 1 N–H and O–H groups in total. The Bertz CT molecular complexity index is 763. The van der Waals surface area contributed by atoms with Crippen LogP contribution in [0.1, 0.15) is 54.0 Å². The standard InChI is InChI=1S/C19H20FNO4/c1-19(2)24-11-17(25-19)14-7-3-6-13(18(14)20)16(23)9-15(22)12-5-4-8-21-10-12/h3-8,10,16-17,23H,9,11H2,1-2H3. The number of aromatic nitrogens is 1. The number of ketones is 1. The van der Waals surface area contributed by atoms with Crippen LogP contribution in [0.2, 0.25) is 0 Å². The molecule has 2 aromatic rings. The highest BCUT2D eigenvalue weighted by Crippen LogP contribution is 2.36. The zero-order chi connectivity index (χ0) is 18.0. The number of aliphatic hydroxyl groups is 1. The number of hydrogen-bond acceptors (Lipinski definition) is 5. The predicted molar refractivity (Wildman–Crippen MR) is 88.4 cm³/mol. The van der Waals surface area contributed by atoms with E-state index in [2.05, 4.69) is 4.98 Å². The third-order valence-electron chi connectivity index (χ3n) is 4.13.